The van der Waals surface area contributed by atoms with Gasteiger partial charge in [0.1, 0.15) is 4.88 Å². The van der Waals surface area contributed by atoms with Crippen molar-refractivity contribution in [2.24, 2.45) is 5.92 Å². The van der Waals surface area contributed by atoms with Gasteiger partial charge < -0.3 is 20.1 Å². The van der Waals surface area contributed by atoms with E-state index in [1.54, 1.807) is 0 Å². The van der Waals surface area contributed by atoms with Gasteiger partial charge in [0.05, 0.1) is 11.8 Å². The zero-order chi connectivity index (χ0) is 15.7. The highest BCUT2D eigenvalue weighted by Crippen LogP contribution is 2.27. The average molecular weight is 321 g/mol. The maximum atomic E-state index is 12.4. The third-order valence-corrected chi connectivity index (χ3v) is 5.21. The van der Waals surface area contributed by atoms with Gasteiger partial charge in [0.15, 0.2) is 5.13 Å². The normalized spacial score (nSPS) is 24.6. The summed E-state index contributed by atoms with van der Waals surface area (Å²) < 4.78 is 1.87. The van der Waals surface area contributed by atoms with Crippen molar-refractivity contribution in [2.75, 3.05) is 6.61 Å². The lowest BCUT2D eigenvalue weighted by Crippen LogP contribution is -2.33. The van der Waals surface area contributed by atoms with Crippen LogP contribution in [0.4, 0.5) is 0 Å². The van der Waals surface area contributed by atoms with E-state index in [-0.39, 0.29) is 24.5 Å². The van der Waals surface area contributed by atoms with Gasteiger partial charge in [0.2, 0.25) is 0 Å². The number of rotatable bonds is 4. The van der Waals surface area contributed by atoms with Gasteiger partial charge in [-0.3, -0.25) is 4.79 Å². The number of hydrogen-bond donors (Lipinski definition) is 3. The maximum Gasteiger partial charge on any atom is 0.263 e. The van der Waals surface area contributed by atoms with Gasteiger partial charge >= 0.3 is 0 Å². The van der Waals surface area contributed by atoms with Crippen molar-refractivity contribution >= 4 is 17.2 Å². The zero-order valence-electron chi connectivity index (χ0n) is 12.3. The summed E-state index contributed by atoms with van der Waals surface area (Å²) in [4.78, 5) is 17.4. The fraction of sp³-hybridized carbons (Fsp3) is 0.467. The van der Waals surface area contributed by atoms with Gasteiger partial charge in [-0.05, 0) is 31.9 Å². The van der Waals surface area contributed by atoms with E-state index >= 15 is 0 Å². The lowest BCUT2D eigenvalue weighted by Gasteiger charge is -2.11. The Labute approximate surface area is 132 Å². The third-order valence-electron chi connectivity index (χ3n) is 4.04. The first kappa shape index (κ1) is 15.2. The lowest BCUT2D eigenvalue weighted by atomic mass is 10.1. The number of hydrogen-bond acceptors (Lipinski definition) is 5. The first-order chi connectivity index (χ1) is 10.6. The molecule has 118 valence electrons. The Kier molecular flexibility index (Phi) is 4.28. The summed E-state index contributed by atoms with van der Waals surface area (Å²) in [6, 6.07) is 3.72. The number of thiazole rings is 1. The van der Waals surface area contributed by atoms with Gasteiger partial charge in [-0.2, -0.15) is 0 Å². The fourth-order valence-electron chi connectivity index (χ4n) is 2.83. The Hall–Kier alpha value is -1.70. The summed E-state index contributed by atoms with van der Waals surface area (Å²) in [5.41, 5.74) is 0.698. The van der Waals surface area contributed by atoms with Crippen molar-refractivity contribution in [1.82, 2.24) is 14.9 Å². The van der Waals surface area contributed by atoms with Crippen LogP contribution in [0.15, 0.2) is 24.5 Å². The largest absolute Gasteiger partial charge is 0.396 e. The number of aryl methyl sites for hydroxylation is 1. The minimum atomic E-state index is -0.548. The van der Waals surface area contributed by atoms with Crippen LogP contribution >= 0.6 is 11.3 Å². The van der Waals surface area contributed by atoms with E-state index in [2.05, 4.69) is 10.3 Å². The summed E-state index contributed by atoms with van der Waals surface area (Å²) in [5, 5.41) is 22.7. The predicted octanol–water partition coefficient (Wildman–Crippen LogP) is 1.10. The monoisotopic (exact) mass is 321 g/mol. The maximum absolute atomic E-state index is 12.4. The number of aliphatic hydroxyl groups is 2. The molecule has 0 radical (unpaired) electrons. The second-order valence-electron chi connectivity index (χ2n) is 5.65. The molecule has 1 fully saturated rings. The summed E-state index contributed by atoms with van der Waals surface area (Å²) >= 11 is 1.34. The first-order valence-electron chi connectivity index (χ1n) is 7.29. The molecule has 1 amide bonds. The SMILES string of the molecule is Cc1nc(-n2cccc2)sc1C(=O)N[C@H]1C[C@H](CO)[C@H](O)C1. The molecule has 0 aromatic carbocycles. The van der Waals surface area contributed by atoms with Crippen molar-refractivity contribution in [1.29, 1.82) is 0 Å². The third kappa shape index (κ3) is 2.92. The molecule has 0 bridgehead atoms. The molecule has 2 aromatic rings. The summed E-state index contributed by atoms with van der Waals surface area (Å²) in [6.07, 6.45) is 4.32. The molecule has 1 aliphatic carbocycles. The summed E-state index contributed by atoms with van der Waals surface area (Å²) in [5.74, 6) is -0.313. The zero-order valence-corrected chi connectivity index (χ0v) is 13.1. The minimum Gasteiger partial charge on any atom is -0.396 e. The molecule has 0 saturated heterocycles. The van der Waals surface area contributed by atoms with Crippen LogP contribution in [0.3, 0.4) is 0 Å². The number of carbonyl (C=O) groups is 1. The van der Waals surface area contributed by atoms with E-state index in [1.807, 2.05) is 36.0 Å². The molecule has 0 aliphatic heterocycles. The molecule has 3 rings (SSSR count). The quantitative estimate of drug-likeness (QED) is 0.787. The van der Waals surface area contributed by atoms with E-state index in [0.717, 1.165) is 5.13 Å². The van der Waals surface area contributed by atoms with Crippen LogP contribution in [-0.4, -0.2) is 44.4 Å². The summed E-state index contributed by atoms with van der Waals surface area (Å²) in [7, 11) is 0. The van der Waals surface area contributed by atoms with Crippen LogP contribution < -0.4 is 5.32 Å². The summed E-state index contributed by atoms with van der Waals surface area (Å²) in [6.45, 7) is 1.77. The number of carbonyl (C=O) groups excluding carboxylic acids is 1. The number of aliphatic hydroxyl groups excluding tert-OH is 2. The molecular weight excluding hydrogens is 302 g/mol. The lowest BCUT2D eigenvalue weighted by molar-refractivity contribution is 0.0904. The molecule has 1 aliphatic rings. The van der Waals surface area contributed by atoms with E-state index < -0.39 is 6.10 Å². The highest BCUT2D eigenvalue weighted by molar-refractivity contribution is 7.16. The van der Waals surface area contributed by atoms with Gasteiger partial charge in [0.25, 0.3) is 5.91 Å². The molecule has 2 aromatic heterocycles. The van der Waals surface area contributed by atoms with Crippen LogP contribution in [0.25, 0.3) is 5.13 Å². The molecule has 2 heterocycles. The van der Waals surface area contributed by atoms with Crippen LogP contribution in [0, 0.1) is 12.8 Å². The molecular formula is C15H19N3O3S. The Morgan fingerprint density at radius 3 is 2.82 bits per heavy atom. The van der Waals surface area contributed by atoms with E-state index in [0.29, 0.717) is 23.4 Å². The first-order valence-corrected chi connectivity index (χ1v) is 8.10. The second-order valence-corrected chi connectivity index (χ2v) is 6.63. The van der Waals surface area contributed by atoms with Gasteiger partial charge in [-0.25, -0.2) is 4.98 Å². The molecule has 6 nitrogen and oxygen atoms in total. The van der Waals surface area contributed by atoms with Gasteiger partial charge in [-0.15, -0.1) is 0 Å². The topological polar surface area (TPSA) is 87.4 Å². The highest BCUT2D eigenvalue weighted by Gasteiger charge is 2.33. The second kappa shape index (κ2) is 6.20. The number of nitrogens with zero attached hydrogens (tertiary/aromatic N) is 2. The fourth-order valence-corrected chi connectivity index (χ4v) is 3.77. The predicted molar refractivity (Wildman–Crippen MR) is 83.2 cm³/mol. The van der Waals surface area contributed by atoms with Crippen molar-refractivity contribution in [2.45, 2.75) is 31.9 Å². The van der Waals surface area contributed by atoms with E-state index in [1.165, 1.54) is 11.3 Å². The van der Waals surface area contributed by atoms with Gasteiger partial charge in [0, 0.05) is 31.0 Å². The van der Waals surface area contributed by atoms with Gasteiger partial charge in [-0.1, -0.05) is 11.3 Å². The van der Waals surface area contributed by atoms with Crippen molar-refractivity contribution in [3.05, 3.63) is 35.1 Å². The van der Waals surface area contributed by atoms with Crippen molar-refractivity contribution in [3.63, 3.8) is 0 Å². The molecule has 0 unspecified atom stereocenters. The number of nitrogens with one attached hydrogen (secondary N) is 1. The van der Waals surface area contributed by atoms with Crippen LogP contribution in [0.2, 0.25) is 0 Å². The van der Waals surface area contributed by atoms with Crippen LogP contribution in [0.1, 0.15) is 28.2 Å². The van der Waals surface area contributed by atoms with E-state index in [9.17, 15) is 15.0 Å². The Morgan fingerprint density at radius 1 is 1.45 bits per heavy atom. The number of aromatic nitrogens is 2. The van der Waals surface area contributed by atoms with Crippen molar-refractivity contribution < 1.29 is 15.0 Å². The Bertz CT molecular complexity index is 653. The van der Waals surface area contributed by atoms with Crippen LogP contribution in [-0.2, 0) is 0 Å². The molecule has 3 N–H and O–H groups in total. The Morgan fingerprint density at radius 2 is 2.18 bits per heavy atom. The number of amides is 1. The molecule has 7 heteroatoms. The average Bonchev–Trinajstić information content (AvgIpc) is 3.18. The highest BCUT2D eigenvalue weighted by atomic mass is 32.1. The standard InChI is InChI=1S/C15H19N3O3S/c1-9-13(22-15(16-9)18-4-2-3-5-18)14(21)17-11-6-10(8-19)12(20)7-11/h2-5,10-12,19-20H,6-8H2,1H3,(H,17,21)/t10-,11+,12-/m1/s1. The molecule has 22 heavy (non-hydrogen) atoms. The minimum absolute atomic E-state index is 0.0507. The molecule has 3 atom stereocenters. The van der Waals surface area contributed by atoms with E-state index in [4.69, 9.17) is 0 Å². The van der Waals surface area contributed by atoms with Crippen molar-refractivity contribution in [3.8, 4) is 5.13 Å². The molecule has 1 saturated carbocycles. The smallest absolute Gasteiger partial charge is 0.263 e. The molecule has 0 spiro atoms. The Balaban J connectivity index is 1.71. The van der Waals surface area contributed by atoms with Crippen LogP contribution in [0.5, 0.6) is 0 Å².